The zero-order valence-electron chi connectivity index (χ0n) is 25.3. The number of hydrogen-bond donors (Lipinski definition) is 2. The van der Waals surface area contributed by atoms with E-state index in [1.54, 1.807) is 7.11 Å². The minimum absolute atomic E-state index is 0.0231. The van der Waals surface area contributed by atoms with Gasteiger partial charge in [-0.1, -0.05) is 83.1 Å². The summed E-state index contributed by atoms with van der Waals surface area (Å²) in [5.74, 6) is -1.00. The first kappa shape index (κ1) is 30.6. The van der Waals surface area contributed by atoms with Gasteiger partial charge in [0.25, 0.3) is 0 Å². The predicted octanol–water partition coefficient (Wildman–Crippen LogP) is 5.18. The van der Waals surface area contributed by atoms with Crippen LogP contribution in [0.4, 0.5) is 4.79 Å². The van der Waals surface area contributed by atoms with E-state index in [4.69, 9.17) is 15.2 Å². The Morgan fingerprint density at radius 1 is 1.07 bits per heavy atom. The summed E-state index contributed by atoms with van der Waals surface area (Å²) in [6, 6.07) is 14.8. The fourth-order valence-corrected chi connectivity index (χ4v) is 6.08. The maximum Gasteiger partial charge on any atom is 0.407 e. The molecule has 3 aliphatic heterocycles. The summed E-state index contributed by atoms with van der Waals surface area (Å²) >= 11 is 0. The number of nitrogens with zero attached hydrogens (tertiary/aromatic N) is 1. The lowest BCUT2D eigenvalue weighted by atomic mass is 9.83. The van der Waals surface area contributed by atoms with Crippen molar-refractivity contribution in [2.45, 2.75) is 84.4 Å². The van der Waals surface area contributed by atoms with Crippen molar-refractivity contribution in [3.05, 3.63) is 59.7 Å². The second kappa shape index (κ2) is 11.8. The lowest BCUT2D eigenvalue weighted by Crippen LogP contribution is -2.57. The van der Waals surface area contributed by atoms with Crippen LogP contribution in [0.25, 0.3) is 11.1 Å². The molecule has 3 aliphatic rings. The molecule has 0 unspecified atom stereocenters. The van der Waals surface area contributed by atoms with Gasteiger partial charge in [0.15, 0.2) is 0 Å². The highest BCUT2D eigenvalue weighted by atomic mass is 16.5. The standard InChI is InChI=1S/C33H45N3O5/c1-31(2,3)27-29(38)36-21-33(40-6,20-26(36)28(34)37)24-15-13-23(14-16-24)25-12-8-7-10-22(25)11-9-17-32(4,5)18-19-41-30(39)35-27/h7-8,10,12-16,26-27H,9,11,17-21H2,1-6H3,(H2,34,37)(H,35,39)/t26-,27+,33-/m0/s1. The zero-order valence-corrected chi connectivity index (χ0v) is 25.3. The number of nitrogens with one attached hydrogen (secondary N) is 1. The van der Waals surface area contributed by atoms with Crippen molar-refractivity contribution in [1.82, 2.24) is 10.2 Å². The maximum absolute atomic E-state index is 14.0. The molecule has 3 amide bonds. The largest absolute Gasteiger partial charge is 0.450 e. The smallest absolute Gasteiger partial charge is 0.407 e. The molecule has 0 aliphatic carbocycles. The Morgan fingerprint density at radius 2 is 1.76 bits per heavy atom. The van der Waals surface area contributed by atoms with Crippen molar-refractivity contribution in [3.63, 3.8) is 0 Å². The van der Waals surface area contributed by atoms with Gasteiger partial charge in [0.05, 0.1) is 13.2 Å². The molecule has 0 spiro atoms. The van der Waals surface area contributed by atoms with Crippen LogP contribution in [0.1, 0.15) is 71.4 Å². The molecule has 8 heteroatoms. The number of rotatable bonds is 2. The first-order valence-electron chi connectivity index (χ1n) is 14.5. The van der Waals surface area contributed by atoms with Crippen LogP contribution in [0.15, 0.2) is 48.5 Å². The number of carbonyl (C=O) groups excluding carboxylic acids is 3. The quantitative estimate of drug-likeness (QED) is 0.523. The van der Waals surface area contributed by atoms with Crippen molar-refractivity contribution in [1.29, 1.82) is 0 Å². The van der Waals surface area contributed by atoms with Gasteiger partial charge in [-0.15, -0.1) is 0 Å². The number of hydrogen-bond acceptors (Lipinski definition) is 5. The van der Waals surface area contributed by atoms with E-state index in [2.05, 4.69) is 55.6 Å². The van der Waals surface area contributed by atoms with Crippen LogP contribution in [0.2, 0.25) is 0 Å². The molecule has 5 rings (SSSR count). The lowest BCUT2D eigenvalue weighted by Gasteiger charge is -2.35. The third kappa shape index (κ3) is 6.75. The second-order valence-corrected chi connectivity index (χ2v) is 13.4. The Hall–Kier alpha value is -3.39. The highest BCUT2D eigenvalue weighted by Crippen LogP contribution is 2.41. The molecule has 0 aromatic heterocycles. The maximum atomic E-state index is 14.0. The summed E-state index contributed by atoms with van der Waals surface area (Å²) in [5.41, 5.74) is 8.66. The third-order valence-electron chi connectivity index (χ3n) is 8.75. The fraction of sp³-hybridized carbons (Fsp3) is 0.545. The summed E-state index contributed by atoms with van der Waals surface area (Å²) in [5, 5.41) is 2.79. The minimum Gasteiger partial charge on any atom is -0.450 e. The van der Waals surface area contributed by atoms with Gasteiger partial charge >= 0.3 is 6.09 Å². The van der Waals surface area contributed by atoms with Gasteiger partial charge < -0.3 is 25.4 Å². The van der Waals surface area contributed by atoms with Gasteiger partial charge in [0, 0.05) is 13.5 Å². The van der Waals surface area contributed by atoms with Crippen LogP contribution in [0.3, 0.4) is 0 Å². The predicted molar refractivity (Wildman–Crippen MR) is 159 cm³/mol. The van der Waals surface area contributed by atoms with Crippen LogP contribution in [0, 0.1) is 10.8 Å². The molecule has 1 fully saturated rings. The molecule has 41 heavy (non-hydrogen) atoms. The normalized spacial score (nSPS) is 25.7. The number of amides is 3. The molecule has 8 nitrogen and oxygen atoms in total. The van der Waals surface area contributed by atoms with Gasteiger partial charge in [0.1, 0.15) is 17.7 Å². The average molecular weight is 564 g/mol. The Labute approximate surface area is 244 Å². The van der Waals surface area contributed by atoms with Gasteiger partial charge in [-0.3, -0.25) is 9.59 Å². The van der Waals surface area contributed by atoms with E-state index in [0.717, 1.165) is 30.4 Å². The van der Waals surface area contributed by atoms with Crippen molar-refractivity contribution >= 4 is 17.9 Å². The lowest BCUT2D eigenvalue weighted by molar-refractivity contribution is -0.141. The first-order valence-corrected chi connectivity index (χ1v) is 14.5. The molecule has 3 atom stereocenters. The van der Waals surface area contributed by atoms with E-state index in [9.17, 15) is 14.4 Å². The number of primary amides is 1. The van der Waals surface area contributed by atoms with Gasteiger partial charge in [-0.05, 0) is 58.8 Å². The minimum atomic E-state index is -0.929. The second-order valence-electron chi connectivity index (χ2n) is 13.4. The number of benzene rings is 2. The Kier molecular flexibility index (Phi) is 8.83. The van der Waals surface area contributed by atoms with E-state index < -0.39 is 41.0 Å². The van der Waals surface area contributed by atoms with E-state index in [1.165, 1.54) is 16.0 Å². The van der Waals surface area contributed by atoms with Crippen molar-refractivity contribution < 1.29 is 23.9 Å². The summed E-state index contributed by atoms with van der Waals surface area (Å²) in [6.07, 6.45) is 3.19. The number of nitrogens with two attached hydrogens (primary N) is 1. The van der Waals surface area contributed by atoms with Crippen LogP contribution < -0.4 is 11.1 Å². The summed E-state index contributed by atoms with van der Waals surface area (Å²) in [4.78, 5) is 41.1. The summed E-state index contributed by atoms with van der Waals surface area (Å²) in [6.45, 7) is 10.3. The van der Waals surface area contributed by atoms with E-state index in [0.29, 0.717) is 6.42 Å². The SMILES string of the molecule is CO[C@@]12C[C@@H](C(N)=O)N(C1)C(=O)[C@H](C(C)(C)C)NC(=O)OCCC(C)(C)CCCc1ccccc1-c1ccc2cc1. The van der Waals surface area contributed by atoms with E-state index in [1.807, 2.05) is 32.9 Å². The topological polar surface area (TPSA) is 111 Å². The molecule has 2 aromatic rings. The fourth-order valence-electron chi connectivity index (χ4n) is 6.08. The number of carbonyl (C=O) groups is 3. The zero-order chi connectivity index (χ0) is 30.0. The number of alkyl carbamates (subject to hydrolysis) is 1. The van der Waals surface area contributed by atoms with Gasteiger partial charge in [-0.2, -0.15) is 0 Å². The van der Waals surface area contributed by atoms with E-state index >= 15 is 0 Å². The Balaban J connectivity index is 1.77. The summed E-state index contributed by atoms with van der Waals surface area (Å²) < 4.78 is 11.6. The van der Waals surface area contributed by atoms with Gasteiger partial charge in [-0.25, -0.2) is 4.79 Å². The van der Waals surface area contributed by atoms with Crippen LogP contribution in [-0.4, -0.2) is 55.2 Å². The number of methoxy groups -OCH3 is 1. The molecule has 0 saturated carbocycles. The molecule has 222 valence electrons. The highest BCUT2D eigenvalue weighted by molar-refractivity contribution is 5.92. The van der Waals surface area contributed by atoms with Crippen LogP contribution in [0.5, 0.6) is 0 Å². The Morgan fingerprint density at radius 3 is 2.39 bits per heavy atom. The van der Waals surface area contributed by atoms with Crippen LogP contribution >= 0.6 is 0 Å². The molecule has 4 bridgehead atoms. The van der Waals surface area contributed by atoms with Crippen LogP contribution in [-0.2, 0) is 31.1 Å². The number of fused-ring (bicyclic) bond motifs is 12. The summed E-state index contributed by atoms with van der Waals surface area (Å²) in [7, 11) is 1.59. The van der Waals surface area contributed by atoms with E-state index in [-0.39, 0.29) is 25.0 Å². The molecular formula is C33H45N3O5. The van der Waals surface area contributed by atoms with Gasteiger partial charge in [0.2, 0.25) is 11.8 Å². The van der Waals surface area contributed by atoms with Crippen molar-refractivity contribution in [2.75, 3.05) is 20.3 Å². The first-order chi connectivity index (χ1) is 19.3. The number of aryl methyl sites for hydroxylation is 1. The monoisotopic (exact) mass is 563 g/mol. The molecular weight excluding hydrogens is 518 g/mol. The molecule has 3 heterocycles. The molecule has 3 N–H and O–H groups in total. The van der Waals surface area contributed by atoms with Crippen molar-refractivity contribution in [3.8, 4) is 11.1 Å². The third-order valence-corrected chi connectivity index (χ3v) is 8.75. The molecule has 1 saturated heterocycles. The Bertz CT molecular complexity index is 1270. The average Bonchev–Trinajstić information content (AvgIpc) is 3.32. The molecule has 2 aromatic carbocycles. The number of ether oxygens (including phenoxy) is 2. The highest BCUT2D eigenvalue weighted by Gasteiger charge is 2.52. The van der Waals surface area contributed by atoms with Crippen molar-refractivity contribution in [2.24, 2.45) is 16.6 Å². The molecule has 0 radical (unpaired) electrons.